The zero-order valence-electron chi connectivity index (χ0n) is 18.3. The maximum atomic E-state index is 13.3. The molecule has 33 heavy (non-hydrogen) atoms. The zero-order valence-corrected chi connectivity index (χ0v) is 19.1. The molecule has 0 bridgehead atoms. The van der Waals surface area contributed by atoms with Crippen molar-refractivity contribution in [2.75, 3.05) is 19.7 Å². The van der Waals surface area contributed by atoms with Crippen LogP contribution < -0.4 is 5.32 Å². The van der Waals surface area contributed by atoms with Crippen LogP contribution >= 0.6 is 0 Å². The first-order chi connectivity index (χ1) is 15.6. The molecule has 2 aromatic carbocycles. The number of ether oxygens (including phenoxy) is 1. The van der Waals surface area contributed by atoms with Crippen LogP contribution in [0.3, 0.4) is 0 Å². The first kappa shape index (κ1) is 25.2. The normalized spacial score (nSPS) is 16.0. The molecule has 2 aromatic rings. The predicted octanol–water partition coefficient (Wildman–Crippen LogP) is 3.96. The molecular weight excluding hydrogens is 457 g/mol. The highest BCUT2D eigenvalue weighted by Gasteiger charge is 2.40. The van der Waals surface area contributed by atoms with Crippen LogP contribution in [0.15, 0.2) is 53.4 Å². The number of nitrogens with one attached hydrogen (secondary N) is 1. The summed E-state index contributed by atoms with van der Waals surface area (Å²) >= 11 is 0. The van der Waals surface area contributed by atoms with E-state index in [0.717, 1.165) is 33.6 Å². The van der Waals surface area contributed by atoms with Crippen LogP contribution in [0.5, 0.6) is 0 Å². The lowest BCUT2D eigenvalue weighted by Gasteiger charge is -2.31. The van der Waals surface area contributed by atoms with Gasteiger partial charge in [0.05, 0.1) is 17.1 Å². The van der Waals surface area contributed by atoms with Gasteiger partial charge in [-0.1, -0.05) is 36.4 Å². The molecule has 180 valence electrons. The predicted molar refractivity (Wildman–Crippen MR) is 117 cm³/mol. The van der Waals surface area contributed by atoms with E-state index in [1.165, 1.54) is 6.07 Å². The molecule has 6 nitrogen and oxygen atoms in total. The highest BCUT2D eigenvalue weighted by atomic mass is 32.2. The van der Waals surface area contributed by atoms with Gasteiger partial charge in [-0.15, -0.1) is 0 Å². The van der Waals surface area contributed by atoms with Gasteiger partial charge in [0.25, 0.3) is 0 Å². The molecule has 0 unspecified atom stereocenters. The fourth-order valence-corrected chi connectivity index (χ4v) is 5.41. The second kappa shape index (κ2) is 10.7. The Morgan fingerprint density at radius 2 is 1.67 bits per heavy atom. The summed E-state index contributed by atoms with van der Waals surface area (Å²) in [4.78, 5) is 11.8. The molecule has 0 aliphatic carbocycles. The van der Waals surface area contributed by atoms with Gasteiger partial charge in [0, 0.05) is 32.2 Å². The Morgan fingerprint density at radius 1 is 1.06 bits per heavy atom. The number of carbonyl (C=O) groups excluding carboxylic acids is 1. The minimum atomic E-state index is -4.77. The van der Waals surface area contributed by atoms with Crippen LogP contribution in [0.25, 0.3) is 0 Å². The highest BCUT2D eigenvalue weighted by molar-refractivity contribution is 7.89. The van der Waals surface area contributed by atoms with Gasteiger partial charge in [-0.25, -0.2) is 8.42 Å². The van der Waals surface area contributed by atoms with E-state index in [1.807, 2.05) is 31.2 Å². The number of amides is 1. The van der Waals surface area contributed by atoms with Crippen molar-refractivity contribution in [3.05, 3.63) is 65.2 Å². The van der Waals surface area contributed by atoms with Crippen LogP contribution in [0, 0.1) is 5.92 Å². The Hall–Kier alpha value is -2.43. The maximum absolute atomic E-state index is 13.3. The Labute approximate surface area is 191 Å². The molecule has 1 heterocycles. The van der Waals surface area contributed by atoms with Crippen molar-refractivity contribution in [2.45, 2.75) is 44.0 Å². The third kappa shape index (κ3) is 6.33. The number of hydrogen-bond donors (Lipinski definition) is 1. The van der Waals surface area contributed by atoms with Gasteiger partial charge in [0.15, 0.2) is 0 Å². The van der Waals surface area contributed by atoms with Gasteiger partial charge in [0.2, 0.25) is 15.9 Å². The second-order valence-corrected chi connectivity index (χ2v) is 9.75. The molecule has 1 fully saturated rings. The summed E-state index contributed by atoms with van der Waals surface area (Å²) in [6.45, 7) is 3.39. The number of hydrogen-bond acceptors (Lipinski definition) is 4. The average Bonchev–Trinajstić information content (AvgIpc) is 2.81. The van der Waals surface area contributed by atoms with Gasteiger partial charge < -0.3 is 10.1 Å². The second-order valence-electron chi connectivity index (χ2n) is 7.84. The minimum absolute atomic E-state index is 0.0151. The van der Waals surface area contributed by atoms with E-state index in [-0.39, 0.29) is 31.8 Å². The summed E-state index contributed by atoms with van der Waals surface area (Å²) in [5, 5.41) is 2.86. The highest BCUT2D eigenvalue weighted by Crippen LogP contribution is 2.36. The van der Waals surface area contributed by atoms with Gasteiger partial charge in [0.1, 0.15) is 0 Å². The topological polar surface area (TPSA) is 75.7 Å². The molecule has 1 saturated heterocycles. The molecule has 3 rings (SSSR count). The van der Waals surface area contributed by atoms with Crippen LogP contribution in [-0.4, -0.2) is 38.3 Å². The Bertz CT molecular complexity index is 1050. The Kier molecular flexibility index (Phi) is 8.14. The van der Waals surface area contributed by atoms with E-state index >= 15 is 0 Å². The van der Waals surface area contributed by atoms with Crippen molar-refractivity contribution >= 4 is 15.9 Å². The number of carbonyl (C=O) groups is 1. The van der Waals surface area contributed by atoms with Crippen LogP contribution in [0.2, 0.25) is 0 Å². The largest absolute Gasteiger partial charge is 0.417 e. The SMILES string of the molecule is CCOCc1ccc(CNC(=O)C2CCN(S(=O)(=O)c3ccccc3C(F)(F)F)CC2)cc1. The lowest BCUT2D eigenvalue weighted by molar-refractivity contribution is -0.139. The molecule has 1 amide bonds. The molecular formula is C23H27F3N2O4S. The fourth-order valence-electron chi connectivity index (χ4n) is 3.73. The van der Waals surface area contributed by atoms with Gasteiger partial charge in [-0.2, -0.15) is 17.5 Å². The first-order valence-corrected chi connectivity index (χ1v) is 12.2. The van der Waals surface area contributed by atoms with Crippen molar-refractivity contribution in [2.24, 2.45) is 5.92 Å². The summed E-state index contributed by atoms with van der Waals surface area (Å²) in [7, 11) is -4.32. The lowest BCUT2D eigenvalue weighted by atomic mass is 9.97. The van der Waals surface area contributed by atoms with E-state index in [9.17, 15) is 26.4 Å². The quantitative estimate of drug-likeness (QED) is 0.616. The number of halogens is 3. The van der Waals surface area contributed by atoms with E-state index in [1.54, 1.807) is 0 Å². The van der Waals surface area contributed by atoms with Crippen molar-refractivity contribution in [3.63, 3.8) is 0 Å². The summed E-state index contributed by atoms with van der Waals surface area (Å²) < 4.78 is 71.9. The zero-order chi connectivity index (χ0) is 24.1. The number of piperidine rings is 1. The average molecular weight is 485 g/mol. The standard InChI is InChI=1S/C23H27F3N2O4S/c1-2-32-16-18-9-7-17(8-10-18)15-27-22(29)19-11-13-28(14-12-19)33(30,31)21-6-4-3-5-20(21)23(24,25)26/h3-10,19H,2,11-16H2,1H3,(H,27,29). The van der Waals surface area contributed by atoms with Crippen LogP contribution in [0.4, 0.5) is 13.2 Å². The van der Waals surface area contributed by atoms with Crippen LogP contribution in [0.1, 0.15) is 36.5 Å². The van der Waals surface area contributed by atoms with Gasteiger partial charge in [-0.05, 0) is 43.0 Å². The Morgan fingerprint density at radius 3 is 2.27 bits per heavy atom. The number of sulfonamides is 1. The molecule has 0 saturated carbocycles. The summed E-state index contributed by atoms with van der Waals surface area (Å²) in [6.07, 6.45) is -4.29. The molecule has 0 spiro atoms. The van der Waals surface area contributed by atoms with Crippen molar-refractivity contribution < 1.29 is 31.1 Å². The number of nitrogens with zero attached hydrogens (tertiary/aromatic N) is 1. The third-order valence-electron chi connectivity index (χ3n) is 5.60. The summed E-state index contributed by atoms with van der Waals surface area (Å²) in [5.41, 5.74) is 0.775. The first-order valence-electron chi connectivity index (χ1n) is 10.7. The molecule has 1 N–H and O–H groups in total. The van der Waals surface area contributed by atoms with Crippen LogP contribution in [-0.2, 0) is 38.9 Å². The van der Waals surface area contributed by atoms with E-state index in [0.29, 0.717) is 19.8 Å². The number of benzene rings is 2. The fraction of sp³-hybridized carbons (Fsp3) is 0.435. The summed E-state index contributed by atoms with van der Waals surface area (Å²) in [6, 6.07) is 11.8. The minimum Gasteiger partial charge on any atom is -0.377 e. The number of alkyl halides is 3. The molecule has 10 heteroatoms. The van der Waals surface area contributed by atoms with Crippen molar-refractivity contribution in [1.29, 1.82) is 0 Å². The molecule has 0 radical (unpaired) electrons. The van der Waals surface area contributed by atoms with E-state index in [2.05, 4.69) is 5.32 Å². The van der Waals surface area contributed by atoms with E-state index < -0.39 is 32.6 Å². The maximum Gasteiger partial charge on any atom is 0.417 e. The molecule has 0 aromatic heterocycles. The Balaban J connectivity index is 1.56. The lowest BCUT2D eigenvalue weighted by Crippen LogP contribution is -2.43. The van der Waals surface area contributed by atoms with Crippen molar-refractivity contribution in [3.8, 4) is 0 Å². The smallest absolute Gasteiger partial charge is 0.377 e. The molecule has 1 aliphatic heterocycles. The molecule has 0 atom stereocenters. The monoisotopic (exact) mass is 484 g/mol. The number of rotatable bonds is 8. The summed E-state index contributed by atoms with van der Waals surface area (Å²) in [5.74, 6) is -0.590. The van der Waals surface area contributed by atoms with Gasteiger partial charge in [-0.3, -0.25) is 4.79 Å². The molecule has 1 aliphatic rings. The van der Waals surface area contributed by atoms with E-state index in [4.69, 9.17) is 4.74 Å². The van der Waals surface area contributed by atoms with Gasteiger partial charge >= 0.3 is 6.18 Å². The third-order valence-corrected chi connectivity index (χ3v) is 7.55. The van der Waals surface area contributed by atoms with Crippen molar-refractivity contribution in [1.82, 2.24) is 9.62 Å².